The number of carbonyl (C=O) groups is 7. The average molecular weight is 728 g/mol. The summed E-state index contributed by atoms with van der Waals surface area (Å²) >= 11 is 0. The van der Waals surface area contributed by atoms with Crippen molar-refractivity contribution in [3.63, 3.8) is 0 Å². The lowest BCUT2D eigenvalue weighted by atomic mass is 10.00. The van der Waals surface area contributed by atoms with Crippen molar-refractivity contribution in [3.8, 4) is 0 Å². The van der Waals surface area contributed by atoms with Gasteiger partial charge in [0.05, 0.1) is 12.0 Å². The molecule has 5 amide bonds. The maximum atomic E-state index is 13.4. The molecule has 19 heteroatoms. The summed E-state index contributed by atoms with van der Waals surface area (Å²) in [4.78, 5) is 99.3. The van der Waals surface area contributed by atoms with Gasteiger partial charge in [0.15, 0.2) is 0 Å². The predicted molar refractivity (Wildman–Crippen MR) is 173 cm³/mol. The molecule has 0 aliphatic heterocycles. The lowest BCUT2D eigenvalue weighted by Crippen LogP contribution is -2.59. The molecule has 0 fully saturated rings. The van der Waals surface area contributed by atoms with Gasteiger partial charge in [0.25, 0.3) is 0 Å². The average Bonchev–Trinajstić information content (AvgIpc) is 2.98. The molecule has 0 aliphatic rings. The second-order valence-electron chi connectivity index (χ2n) is 12.4. The second kappa shape index (κ2) is 18.0. The number of aliphatic carboxylic acids is 2. The van der Waals surface area contributed by atoms with E-state index in [9.17, 15) is 61.7 Å². The van der Waals surface area contributed by atoms with E-state index in [1.165, 1.54) is 20.8 Å². The molecule has 280 valence electrons. The molecule has 16 nitrogen and oxygen atoms in total. The van der Waals surface area contributed by atoms with Crippen LogP contribution in [0, 0.1) is 11.8 Å². The van der Waals surface area contributed by atoms with Crippen molar-refractivity contribution >= 4 is 58.1 Å². The predicted octanol–water partition coefficient (Wildman–Crippen LogP) is 1.75. The molecule has 0 unspecified atom stereocenters. The highest BCUT2D eigenvalue weighted by Gasteiger charge is 2.35. The third kappa shape index (κ3) is 13.0. The van der Waals surface area contributed by atoms with Crippen LogP contribution in [0.1, 0.15) is 65.9 Å². The SMILES string of the molecule is CC(=O)N[C@@H](CC(C)C)C(=O)N[C@@H](CCC(=O)O)C(=O)N[C@H](C(=O)N[C@@H](CC(=O)O)C(=O)Nc1ccc2c(C(F)(F)F)cc(=O)oc2c1)C(C)C. The highest BCUT2D eigenvalue weighted by atomic mass is 19.4. The van der Waals surface area contributed by atoms with Crippen LogP contribution in [0.4, 0.5) is 18.9 Å². The number of carbonyl (C=O) groups excluding carboxylic acids is 5. The molecule has 0 spiro atoms. The monoisotopic (exact) mass is 727 g/mol. The van der Waals surface area contributed by atoms with Crippen molar-refractivity contribution in [2.24, 2.45) is 11.8 Å². The maximum absolute atomic E-state index is 13.4. The zero-order valence-corrected chi connectivity index (χ0v) is 28.3. The molecule has 0 saturated heterocycles. The van der Waals surface area contributed by atoms with Gasteiger partial charge in [-0.15, -0.1) is 0 Å². The number of nitrogens with one attached hydrogen (secondary N) is 5. The summed E-state index contributed by atoms with van der Waals surface area (Å²) in [6, 6.07) is -2.67. The van der Waals surface area contributed by atoms with Crippen LogP contribution in [0.15, 0.2) is 33.5 Å². The molecule has 1 heterocycles. The number of benzene rings is 1. The van der Waals surface area contributed by atoms with Crippen LogP contribution in [0.2, 0.25) is 0 Å². The molecule has 0 radical (unpaired) electrons. The van der Waals surface area contributed by atoms with Crippen LogP contribution in [0.5, 0.6) is 0 Å². The van der Waals surface area contributed by atoms with Gasteiger partial charge in [-0.25, -0.2) is 4.79 Å². The quantitative estimate of drug-likeness (QED) is 0.116. The Kier molecular flexibility index (Phi) is 14.7. The van der Waals surface area contributed by atoms with E-state index in [2.05, 4.69) is 26.6 Å². The van der Waals surface area contributed by atoms with E-state index in [1.54, 1.807) is 13.8 Å². The topological polar surface area (TPSA) is 250 Å². The Morgan fingerprint density at radius 2 is 1.39 bits per heavy atom. The molecular formula is C32H40F3N5O11. The van der Waals surface area contributed by atoms with Crippen LogP contribution >= 0.6 is 0 Å². The van der Waals surface area contributed by atoms with E-state index < -0.39 is 119 Å². The van der Waals surface area contributed by atoms with E-state index in [4.69, 9.17) is 4.42 Å². The Bertz CT molecular complexity index is 1710. The summed E-state index contributed by atoms with van der Waals surface area (Å²) < 4.78 is 45.1. The summed E-state index contributed by atoms with van der Waals surface area (Å²) in [5.41, 5.74) is -3.34. The Hall–Kier alpha value is -5.49. The molecular weight excluding hydrogens is 687 g/mol. The Morgan fingerprint density at radius 1 is 0.784 bits per heavy atom. The molecule has 0 aliphatic carbocycles. The fraction of sp³-hybridized carbons (Fsp3) is 0.500. The number of carboxylic acids is 2. The van der Waals surface area contributed by atoms with Crippen LogP contribution in [-0.2, 0) is 39.7 Å². The lowest BCUT2D eigenvalue weighted by Gasteiger charge is -2.28. The number of rotatable bonds is 17. The molecule has 1 aromatic carbocycles. The smallest absolute Gasteiger partial charge is 0.417 e. The number of fused-ring (bicyclic) bond motifs is 1. The third-order valence-corrected chi connectivity index (χ3v) is 7.26. The van der Waals surface area contributed by atoms with Gasteiger partial charge in [-0.05, 0) is 36.8 Å². The highest BCUT2D eigenvalue weighted by molar-refractivity contribution is 6.01. The fourth-order valence-electron chi connectivity index (χ4n) is 4.90. The molecule has 4 atom stereocenters. The zero-order chi connectivity index (χ0) is 38.8. The normalized spacial score (nSPS) is 13.8. The first-order chi connectivity index (χ1) is 23.6. The molecule has 0 bridgehead atoms. The number of anilines is 1. The second-order valence-corrected chi connectivity index (χ2v) is 12.4. The number of carboxylic acid groups (broad SMARTS) is 2. The summed E-state index contributed by atoms with van der Waals surface area (Å²) in [5.74, 6) is -8.07. The summed E-state index contributed by atoms with van der Waals surface area (Å²) in [5, 5.41) is 29.9. The van der Waals surface area contributed by atoms with Gasteiger partial charge >= 0.3 is 23.7 Å². The van der Waals surface area contributed by atoms with Crippen molar-refractivity contribution in [2.45, 2.75) is 90.6 Å². The first-order valence-corrected chi connectivity index (χ1v) is 15.7. The van der Waals surface area contributed by atoms with E-state index in [1.807, 2.05) is 0 Å². The molecule has 2 aromatic rings. The standard InChI is InChI=1S/C32H40F3N5O11/c1-14(2)10-21(36-16(5)41)30(49)38-20(8-9-24(42)43)28(47)40-27(15(3)4)31(50)39-22(13-25(44)45)29(48)37-17-6-7-18-19(32(33,34)35)12-26(46)51-23(18)11-17/h6-7,11-12,14-15,20-22,27H,8-10,13H2,1-5H3,(H,36,41)(H,37,48)(H,38,49)(H,39,50)(H,40,47)(H,42,43)(H,44,45)/t20-,21-,22-,27-/m0/s1. The number of amides is 5. The van der Waals surface area contributed by atoms with Crippen molar-refractivity contribution in [1.82, 2.24) is 21.3 Å². The van der Waals surface area contributed by atoms with E-state index in [0.717, 1.165) is 18.2 Å². The minimum absolute atomic E-state index is 0.0620. The van der Waals surface area contributed by atoms with Crippen molar-refractivity contribution < 1.29 is 61.4 Å². The number of halogens is 3. The zero-order valence-electron chi connectivity index (χ0n) is 28.3. The van der Waals surface area contributed by atoms with Gasteiger partial charge in [-0.1, -0.05) is 27.7 Å². The molecule has 2 rings (SSSR count). The minimum atomic E-state index is -4.90. The van der Waals surface area contributed by atoms with Crippen molar-refractivity contribution in [1.29, 1.82) is 0 Å². The van der Waals surface area contributed by atoms with Gasteiger partial charge in [0.2, 0.25) is 29.5 Å². The fourth-order valence-corrected chi connectivity index (χ4v) is 4.90. The van der Waals surface area contributed by atoms with Gasteiger partial charge in [0, 0.05) is 36.6 Å². The minimum Gasteiger partial charge on any atom is -0.481 e. The number of hydrogen-bond acceptors (Lipinski definition) is 9. The van der Waals surface area contributed by atoms with Crippen LogP contribution < -0.4 is 32.2 Å². The largest absolute Gasteiger partial charge is 0.481 e. The first-order valence-electron chi connectivity index (χ1n) is 15.7. The molecule has 51 heavy (non-hydrogen) atoms. The van der Waals surface area contributed by atoms with Crippen LogP contribution in [-0.4, -0.2) is 75.9 Å². The van der Waals surface area contributed by atoms with Crippen molar-refractivity contribution in [3.05, 3.63) is 40.2 Å². The Morgan fingerprint density at radius 3 is 1.92 bits per heavy atom. The van der Waals surface area contributed by atoms with Gasteiger partial charge in [-0.3, -0.25) is 33.6 Å². The van der Waals surface area contributed by atoms with Gasteiger partial charge < -0.3 is 41.2 Å². The van der Waals surface area contributed by atoms with Gasteiger partial charge in [-0.2, -0.15) is 13.2 Å². The molecule has 1 aromatic heterocycles. The Balaban J connectivity index is 2.31. The van der Waals surface area contributed by atoms with E-state index >= 15 is 0 Å². The maximum Gasteiger partial charge on any atom is 0.417 e. The van der Waals surface area contributed by atoms with Crippen LogP contribution in [0.3, 0.4) is 0 Å². The highest BCUT2D eigenvalue weighted by Crippen LogP contribution is 2.34. The van der Waals surface area contributed by atoms with E-state index in [-0.39, 0.29) is 24.1 Å². The summed E-state index contributed by atoms with van der Waals surface area (Å²) in [7, 11) is 0. The van der Waals surface area contributed by atoms with E-state index in [0.29, 0.717) is 0 Å². The third-order valence-electron chi connectivity index (χ3n) is 7.26. The van der Waals surface area contributed by atoms with Gasteiger partial charge in [0.1, 0.15) is 29.8 Å². The summed E-state index contributed by atoms with van der Waals surface area (Å²) in [6.45, 7) is 7.75. The van der Waals surface area contributed by atoms with Crippen molar-refractivity contribution in [2.75, 3.05) is 5.32 Å². The Labute approximate surface area is 288 Å². The molecule has 0 saturated carbocycles. The molecule has 7 N–H and O–H groups in total. The number of alkyl halides is 3. The van der Waals surface area contributed by atoms with Crippen LogP contribution in [0.25, 0.3) is 11.0 Å². The lowest BCUT2D eigenvalue weighted by molar-refractivity contribution is -0.141. The first kappa shape index (κ1) is 41.7. The summed E-state index contributed by atoms with van der Waals surface area (Å²) in [6.07, 6.45) is -6.67. The number of hydrogen-bond donors (Lipinski definition) is 7.